The Morgan fingerprint density at radius 1 is 0.761 bits per heavy atom. The number of benzene rings is 3. The van der Waals surface area contributed by atoms with E-state index in [0.29, 0.717) is 6.61 Å². The lowest BCUT2D eigenvalue weighted by molar-refractivity contribution is -0.249. The van der Waals surface area contributed by atoms with Gasteiger partial charge in [-0.05, 0) is 16.7 Å². The minimum atomic E-state index is -0.947. The Kier molecular flexibility index (Phi) is 14.1. The second-order valence-corrected chi connectivity index (χ2v) is 11.9. The summed E-state index contributed by atoms with van der Waals surface area (Å²) in [5.41, 5.74) is 2.07. The van der Waals surface area contributed by atoms with Crippen molar-refractivity contribution in [3.8, 4) is 0 Å². The van der Waals surface area contributed by atoms with Crippen molar-refractivity contribution in [3.05, 3.63) is 108 Å². The number of nitrogens with one attached hydrogen (secondary N) is 1. The summed E-state index contributed by atoms with van der Waals surface area (Å²) in [7, 11) is 1.25. The monoisotopic (exact) mass is 651 g/mol. The van der Waals surface area contributed by atoms with Gasteiger partial charge in [0.15, 0.2) is 6.10 Å². The smallest absolute Gasteiger partial charge is 0.329 e. The number of methoxy groups -OCH3 is 1. The Bertz CT molecular complexity index is 1360. The first-order valence-corrected chi connectivity index (χ1v) is 16.1. The fourth-order valence-electron chi connectivity index (χ4n) is 5.00. The molecule has 1 amide bonds. The van der Waals surface area contributed by atoms with Gasteiger partial charge in [0, 0.05) is 19.6 Å². The average molecular weight is 652 g/mol. The Labute approximate surface area is 274 Å². The number of carbonyl (C=O) groups is 3. The Balaban J connectivity index is 1.64. The van der Waals surface area contributed by atoms with Crippen LogP contribution in [0.15, 0.2) is 91.0 Å². The number of hydrogen-bond acceptors (Lipinski definition) is 10. The van der Waals surface area contributed by atoms with Crippen LogP contribution in [0, 0.1) is 0 Å². The lowest BCUT2D eigenvalue weighted by atomic mass is 9.99. The molecule has 0 radical (unpaired) electrons. The van der Waals surface area contributed by atoms with Crippen LogP contribution in [0.4, 0.5) is 0 Å². The van der Waals surface area contributed by atoms with Crippen molar-refractivity contribution in [2.24, 2.45) is 0 Å². The van der Waals surface area contributed by atoms with Gasteiger partial charge in [0.05, 0.1) is 33.5 Å². The standard InChI is InChI=1S/C35H41NO9S/c1-24(37)36-29(34(39)40-3)23-46-35-33(44-25(2)38)32(43-21-28-17-11-6-12-18-28)31(42-20-27-15-9-5-10-16-27)30(45-35)22-41-19-26-13-7-4-8-14-26/h4-18,29-33,35H,19-23H2,1-3H3,(H,36,37)/t29-,30+,31+,32-,33+,35-/m0/s1. The third-order valence-corrected chi connectivity index (χ3v) is 8.38. The largest absolute Gasteiger partial charge is 0.467 e. The first-order valence-electron chi connectivity index (χ1n) is 15.1. The van der Waals surface area contributed by atoms with Crippen LogP contribution in [-0.4, -0.2) is 73.2 Å². The highest BCUT2D eigenvalue weighted by atomic mass is 32.2. The third-order valence-electron chi connectivity index (χ3n) is 7.15. The number of ether oxygens (including phenoxy) is 6. The molecule has 0 saturated carbocycles. The van der Waals surface area contributed by atoms with Crippen LogP contribution < -0.4 is 5.32 Å². The zero-order chi connectivity index (χ0) is 32.7. The van der Waals surface area contributed by atoms with Crippen LogP contribution in [0.5, 0.6) is 0 Å². The molecule has 0 aromatic heterocycles. The number of rotatable bonds is 16. The molecule has 1 fully saturated rings. The maximum absolute atomic E-state index is 12.5. The fourth-order valence-corrected chi connectivity index (χ4v) is 6.23. The summed E-state index contributed by atoms with van der Waals surface area (Å²) in [5, 5.41) is 2.62. The van der Waals surface area contributed by atoms with Crippen LogP contribution in [-0.2, 0) is 62.6 Å². The van der Waals surface area contributed by atoms with E-state index in [1.165, 1.54) is 32.7 Å². The van der Waals surface area contributed by atoms with Crippen LogP contribution in [0.3, 0.4) is 0 Å². The summed E-state index contributed by atoms with van der Waals surface area (Å²) >= 11 is 1.21. The normalized spacial score (nSPS) is 21.6. The van der Waals surface area contributed by atoms with E-state index < -0.39 is 47.8 Å². The van der Waals surface area contributed by atoms with Crippen molar-refractivity contribution in [1.29, 1.82) is 0 Å². The van der Waals surface area contributed by atoms with Gasteiger partial charge in [0.2, 0.25) is 5.91 Å². The van der Waals surface area contributed by atoms with Gasteiger partial charge >= 0.3 is 11.9 Å². The van der Waals surface area contributed by atoms with Gasteiger partial charge in [-0.3, -0.25) is 9.59 Å². The van der Waals surface area contributed by atoms with Crippen molar-refractivity contribution in [1.82, 2.24) is 5.32 Å². The van der Waals surface area contributed by atoms with Gasteiger partial charge in [-0.2, -0.15) is 0 Å². The molecule has 0 bridgehead atoms. The van der Waals surface area contributed by atoms with Crippen LogP contribution >= 0.6 is 11.8 Å². The highest BCUT2D eigenvalue weighted by molar-refractivity contribution is 7.99. The van der Waals surface area contributed by atoms with Crippen molar-refractivity contribution in [3.63, 3.8) is 0 Å². The first-order chi connectivity index (χ1) is 22.3. The second-order valence-electron chi connectivity index (χ2n) is 10.7. The maximum atomic E-state index is 12.5. The lowest BCUT2D eigenvalue weighted by Gasteiger charge is -2.45. The molecule has 6 atom stereocenters. The summed E-state index contributed by atoms with van der Waals surface area (Å²) in [6, 6.07) is 28.2. The second kappa shape index (κ2) is 18.4. The highest BCUT2D eigenvalue weighted by Gasteiger charge is 2.50. The van der Waals surface area contributed by atoms with E-state index in [2.05, 4.69) is 5.32 Å². The summed E-state index contributed by atoms with van der Waals surface area (Å²) in [6.07, 6.45) is -3.04. The molecule has 0 unspecified atom stereocenters. The number of hydrogen-bond donors (Lipinski definition) is 1. The van der Waals surface area contributed by atoms with Gasteiger partial charge in [-0.25, -0.2) is 4.79 Å². The van der Waals surface area contributed by atoms with Crippen molar-refractivity contribution in [2.75, 3.05) is 19.5 Å². The summed E-state index contributed by atoms with van der Waals surface area (Å²) < 4.78 is 36.6. The van der Waals surface area contributed by atoms with E-state index in [1.54, 1.807) is 0 Å². The van der Waals surface area contributed by atoms with E-state index in [-0.39, 0.29) is 31.5 Å². The lowest BCUT2D eigenvalue weighted by Crippen LogP contribution is -2.61. The van der Waals surface area contributed by atoms with Crippen LogP contribution in [0.2, 0.25) is 0 Å². The van der Waals surface area contributed by atoms with Crippen molar-refractivity contribution >= 4 is 29.6 Å². The highest BCUT2D eigenvalue weighted by Crippen LogP contribution is 2.35. The molecule has 3 aromatic carbocycles. The van der Waals surface area contributed by atoms with Gasteiger partial charge in [-0.15, -0.1) is 11.8 Å². The quantitative estimate of drug-likeness (QED) is 0.223. The molecular formula is C35H41NO9S. The SMILES string of the molecule is COC(=O)[C@H](CS[C@@H]1O[C@H](COCc2ccccc2)[C@@H](OCc2ccccc2)[C@H](OCc2ccccc2)[C@H]1OC(C)=O)NC(C)=O. The number of amides is 1. The van der Waals surface area contributed by atoms with Gasteiger partial charge < -0.3 is 33.7 Å². The summed E-state index contributed by atoms with van der Waals surface area (Å²) in [4.78, 5) is 36.8. The summed E-state index contributed by atoms with van der Waals surface area (Å²) in [6.45, 7) is 3.61. The van der Waals surface area contributed by atoms with E-state index in [9.17, 15) is 14.4 Å². The van der Waals surface area contributed by atoms with E-state index in [0.717, 1.165) is 16.7 Å². The summed E-state index contributed by atoms with van der Waals surface area (Å²) in [5.74, 6) is -1.43. The molecule has 1 saturated heterocycles. The van der Waals surface area contributed by atoms with E-state index in [4.69, 9.17) is 28.4 Å². The van der Waals surface area contributed by atoms with Crippen LogP contribution in [0.1, 0.15) is 30.5 Å². The molecular weight excluding hydrogens is 610 g/mol. The third kappa shape index (κ3) is 11.0. The maximum Gasteiger partial charge on any atom is 0.329 e. The topological polar surface area (TPSA) is 119 Å². The molecule has 10 nitrogen and oxygen atoms in total. The van der Waals surface area contributed by atoms with Gasteiger partial charge in [0.1, 0.15) is 29.8 Å². The Morgan fingerprint density at radius 3 is 1.78 bits per heavy atom. The Morgan fingerprint density at radius 2 is 1.28 bits per heavy atom. The molecule has 11 heteroatoms. The first kappa shape index (κ1) is 35.1. The molecule has 0 aliphatic carbocycles. The predicted octanol–water partition coefficient (Wildman–Crippen LogP) is 4.44. The molecule has 0 spiro atoms. The minimum absolute atomic E-state index is 0.0905. The minimum Gasteiger partial charge on any atom is -0.467 e. The molecule has 1 aliphatic rings. The van der Waals surface area contributed by atoms with Crippen LogP contribution in [0.25, 0.3) is 0 Å². The van der Waals surface area contributed by atoms with Crippen molar-refractivity contribution < 1.29 is 42.8 Å². The number of carbonyl (C=O) groups excluding carboxylic acids is 3. The molecule has 246 valence electrons. The zero-order valence-electron chi connectivity index (χ0n) is 26.2. The molecule has 1 aliphatic heterocycles. The van der Waals surface area contributed by atoms with Gasteiger partial charge in [0.25, 0.3) is 0 Å². The predicted molar refractivity (Wildman–Crippen MR) is 172 cm³/mol. The molecule has 46 heavy (non-hydrogen) atoms. The zero-order valence-corrected chi connectivity index (χ0v) is 27.1. The number of thioether (sulfide) groups is 1. The fraction of sp³-hybridized carbons (Fsp3) is 0.400. The van der Waals surface area contributed by atoms with E-state index in [1.807, 2.05) is 91.0 Å². The number of esters is 2. The van der Waals surface area contributed by atoms with Gasteiger partial charge in [-0.1, -0.05) is 91.0 Å². The molecule has 4 rings (SSSR count). The molecule has 1 N–H and O–H groups in total. The molecule has 1 heterocycles. The Hall–Kier alpha value is -3.74. The van der Waals surface area contributed by atoms with E-state index >= 15 is 0 Å². The average Bonchev–Trinajstić information content (AvgIpc) is 3.06. The molecule has 3 aromatic rings. The van der Waals surface area contributed by atoms with Crippen molar-refractivity contribution in [2.45, 2.75) is 69.6 Å².